The Kier molecular flexibility index (Phi) is 4.27. The van der Waals surface area contributed by atoms with Crippen molar-refractivity contribution in [3.05, 3.63) is 70.0 Å². The summed E-state index contributed by atoms with van der Waals surface area (Å²) in [6.45, 7) is 1.38. The summed E-state index contributed by atoms with van der Waals surface area (Å²) in [4.78, 5) is 0. The topological polar surface area (TPSA) is 12.0 Å². The molecule has 21 heavy (non-hydrogen) atoms. The van der Waals surface area contributed by atoms with Crippen LogP contribution in [-0.4, -0.2) is 7.05 Å². The molecule has 0 saturated carbocycles. The van der Waals surface area contributed by atoms with Gasteiger partial charge in [0.05, 0.1) is 6.04 Å². The maximum absolute atomic E-state index is 14.0. The van der Waals surface area contributed by atoms with Crippen molar-refractivity contribution in [1.29, 1.82) is 0 Å². The summed E-state index contributed by atoms with van der Waals surface area (Å²) in [5.74, 6) is -5.87. The minimum Gasteiger partial charge on any atom is -0.309 e. The van der Waals surface area contributed by atoms with Crippen LogP contribution in [0.3, 0.4) is 0 Å². The van der Waals surface area contributed by atoms with Gasteiger partial charge >= 0.3 is 0 Å². The van der Waals surface area contributed by atoms with Crippen molar-refractivity contribution in [1.82, 2.24) is 5.32 Å². The largest absolute Gasteiger partial charge is 0.309 e. The first-order valence-electron chi connectivity index (χ1n) is 6.13. The Morgan fingerprint density at radius 2 is 1.48 bits per heavy atom. The second-order valence-corrected chi connectivity index (χ2v) is 4.61. The molecular formula is C15H12F5N. The number of hydrogen-bond acceptors (Lipinski definition) is 1. The fourth-order valence-electron chi connectivity index (χ4n) is 2.13. The van der Waals surface area contributed by atoms with Crippen LogP contribution in [0.15, 0.2) is 24.3 Å². The molecule has 0 heterocycles. The number of benzene rings is 2. The summed E-state index contributed by atoms with van der Waals surface area (Å²) in [7, 11) is 1.38. The number of aryl methyl sites for hydroxylation is 1. The highest BCUT2D eigenvalue weighted by atomic mass is 19.2. The molecule has 0 saturated heterocycles. The van der Waals surface area contributed by atoms with Crippen LogP contribution in [0.2, 0.25) is 0 Å². The van der Waals surface area contributed by atoms with Gasteiger partial charge in [-0.15, -0.1) is 0 Å². The van der Waals surface area contributed by atoms with Crippen molar-refractivity contribution >= 4 is 0 Å². The predicted octanol–water partition coefficient (Wildman–Crippen LogP) is 4.00. The van der Waals surface area contributed by atoms with Gasteiger partial charge in [0.1, 0.15) is 11.6 Å². The lowest BCUT2D eigenvalue weighted by molar-refractivity contribution is 0.433. The molecule has 0 aliphatic heterocycles. The van der Waals surface area contributed by atoms with Crippen molar-refractivity contribution in [2.75, 3.05) is 7.05 Å². The van der Waals surface area contributed by atoms with E-state index in [1.165, 1.54) is 14.0 Å². The van der Waals surface area contributed by atoms with Gasteiger partial charge in [-0.2, -0.15) is 0 Å². The van der Waals surface area contributed by atoms with Gasteiger partial charge in [-0.25, -0.2) is 22.0 Å². The SMILES string of the molecule is CNC(c1cc(F)c(C)cc1F)c1ccc(F)c(F)c1F. The zero-order chi connectivity index (χ0) is 15.7. The van der Waals surface area contributed by atoms with Gasteiger partial charge < -0.3 is 5.32 Å². The Morgan fingerprint density at radius 1 is 0.810 bits per heavy atom. The first-order valence-corrected chi connectivity index (χ1v) is 6.13. The minimum absolute atomic E-state index is 0.0943. The van der Waals surface area contributed by atoms with Crippen LogP contribution in [-0.2, 0) is 0 Å². The first-order chi connectivity index (χ1) is 9.86. The van der Waals surface area contributed by atoms with E-state index in [1.807, 2.05) is 0 Å². The van der Waals surface area contributed by atoms with Crippen LogP contribution in [0.4, 0.5) is 22.0 Å². The Balaban J connectivity index is 2.60. The van der Waals surface area contributed by atoms with E-state index in [4.69, 9.17) is 0 Å². The third kappa shape index (κ3) is 2.76. The van der Waals surface area contributed by atoms with E-state index >= 15 is 0 Å². The standard InChI is InChI=1S/C15H12F5N/c1-7-5-12(18)9(6-11(7)17)15(21-2)8-3-4-10(16)14(20)13(8)19/h3-6,15,21H,1-2H3. The third-order valence-corrected chi connectivity index (χ3v) is 3.25. The zero-order valence-electron chi connectivity index (χ0n) is 11.3. The summed E-state index contributed by atoms with van der Waals surface area (Å²) in [5, 5.41) is 2.57. The Hall–Kier alpha value is -1.95. The molecular weight excluding hydrogens is 289 g/mol. The summed E-state index contributed by atoms with van der Waals surface area (Å²) in [6, 6.07) is 2.46. The quantitative estimate of drug-likeness (QED) is 0.667. The fraction of sp³-hybridized carbons (Fsp3) is 0.200. The molecule has 0 bridgehead atoms. The second kappa shape index (κ2) is 5.81. The van der Waals surface area contributed by atoms with E-state index in [0.717, 1.165) is 24.3 Å². The molecule has 2 rings (SSSR count). The van der Waals surface area contributed by atoms with Gasteiger partial charge in [-0.1, -0.05) is 6.07 Å². The number of nitrogens with one attached hydrogen (secondary N) is 1. The van der Waals surface area contributed by atoms with Gasteiger partial charge in [-0.3, -0.25) is 0 Å². The molecule has 0 radical (unpaired) electrons. The fourth-order valence-corrected chi connectivity index (χ4v) is 2.13. The molecule has 0 fully saturated rings. The van der Waals surface area contributed by atoms with E-state index in [9.17, 15) is 22.0 Å². The summed E-state index contributed by atoms with van der Waals surface area (Å²) >= 11 is 0. The van der Waals surface area contributed by atoms with Crippen molar-refractivity contribution in [3.63, 3.8) is 0 Å². The molecule has 0 aliphatic rings. The molecule has 2 aromatic rings. The van der Waals surface area contributed by atoms with Crippen molar-refractivity contribution in [3.8, 4) is 0 Å². The van der Waals surface area contributed by atoms with Crippen LogP contribution in [0.25, 0.3) is 0 Å². The molecule has 1 N–H and O–H groups in total. The highest BCUT2D eigenvalue weighted by molar-refractivity contribution is 5.36. The van der Waals surface area contributed by atoms with Crippen LogP contribution >= 0.6 is 0 Å². The van der Waals surface area contributed by atoms with E-state index in [-0.39, 0.29) is 16.7 Å². The lowest BCUT2D eigenvalue weighted by atomic mass is 9.96. The van der Waals surface area contributed by atoms with Gasteiger partial charge in [0.2, 0.25) is 0 Å². The summed E-state index contributed by atoms with van der Waals surface area (Å²) in [5.41, 5.74) is -0.402. The number of hydrogen-bond donors (Lipinski definition) is 1. The normalized spacial score (nSPS) is 12.5. The highest BCUT2D eigenvalue weighted by Crippen LogP contribution is 2.29. The lowest BCUT2D eigenvalue weighted by Crippen LogP contribution is -2.21. The van der Waals surface area contributed by atoms with E-state index < -0.39 is 35.1 Å². The molecule has 1 atom stereocenters. The lowest BCUT2D eigenvalue weighted by Gasteiger charge is -2.19. The van der Waals surface area contributed by atoms with Crippen molar-refractivity contribution < 1.29 is 22.0 Å². The average Bonchev–Trinajstić information content (AvgIpc) is 2.44. The smallest absolute Gasteiger partial charge is 0.194 e. The van der Waals surface area contributed by atoms with E-state index in [1.54, 1.807) is 0 Å². The number of rotatable bonds is 3. The van der Waals surface area contributed by atoms with Crippen molar-refractivity contribution in [2.45, 2.75) is 13.0 Å². The maximum Gasteiger partial charge on any atom is 0.194 e. The van der Waals surface area contributed by atoms with Gasteiger partial charge in [0.25, 0.3) is 0 Å². The maximum atomic E-state index is 14.0. The molecule has 6 heteroatoms. The molecule has 0 spiro atoms. The molecule has 1 nitrogen and oxygen atoms in total. The molecule has 0 aliphatic carbocycles. The molecule has 2 aromatic carbocycles. The van der Waals surface area contributed by atoms with Crippen LogP contribution in [0.5, 0.6) is 0 Å². The zero-order valence-corrected chi connectivity index (χ0v) is 11.3. The minimum atomic E-state index is -1.65. The average molecular weight is 301 g/mol. The molecule has 112 valence electrons. The van der Waals surface area contributed by atoms with E-state index in [0.29, 0.717) is 0 Å². The first kappa shape index (κ1) is 15.4. The highest BCUT2D eigenvalue weighted by Gasteiger charge is 2.24. The van der Waals surface area contributed by atoms with Gasteiger partial charge in [0.15, 0.2) is 17.5 Å². The number of halogens is 5. The predicted molar refractivity (Wildman–Crippen MR) is 68.3 cm³/mol. The van der Waals surface area contributed by atoms with E-state index in [2.05, 4.69) is 5.32 Å². The Morgan fingerprint density at radius 3 is 2.10 bits per heavy atom. The second-order valence-electron chi connectivity index (χ2n) is 4.61. The summed E-state index contributed by atoms with van der Waals surface area (Å²) in [6.07, 6.45) is 0. The van der Waals surface area contributed by atoms with Crippen LogP contribution < -0.4 is 5.32 Å². The van der Waals surface area contributed by atoms with Gasteiger partial charge in [0, 0.05) is 11.1 Å². The third-order valence-electron chi connectivity index (χ3n) is 3.25. The van der Waals surface area contributed by atoms with Crippen molar-refractivity contribution in [2.24, 2.45) is 0 Å². The summed E-state index contributed by atoms with van der Waals surface area (Å²) < 4.78 is 67.6. The molecule has 0 amide bonds. The Labute approximate surface area is 118 Å². The monoisotopic (exact) mass is 301 g/mol. The molecule has 1 unspecified atom stereocenters. The Bertz CT molecular complexity index is 682. The van der Waals surface area contributed by atoms with Crippen LogP contribution in [0.1, 0.15) is 22.7 Å². The van der Waals surface area contributed by atoms with Crippen LogP contribution in [0, 0.1) is 36.0 Å². The molecule has 0 aromatic heterocycles. The van der Waals surface area contributed by atoms with Gasteiger partial charge in [-0.05, 0) is 37.7 Å².